The van der Waals surface area contributed by atoms with Crippen LogP contribution in [0.1, 0.15) is 11.4 Å². The van der Waals surface area contributed by atoms with Gasteiger partial charge >= 0.3 is 0 Å². The van der Waals surface area contributed by atoms with E-state index < -0.39 is 10.8 Å². The minimum Gasteiger partial charge on any atom is -0.497 e. The van der Waals surface area contributed by atoms with E-state index in [0.29, 0.717) is 27.8 Å². The Morgan fingerprint density at radius 3 is 2.62 bits per heavy atom. The third-order valence-corrected chi connectivity index (χ3v) is 4.31. The minimum atomic E-state index is -1.27. The molecule has 1 aromatic heterocycles. The number of hydrogen-bond donors (Lipinski definition) is 1. The van der Waals surface area contributed by atoms with Gasteiger partial charge in [-0.15, -0.1) is 0 Å². The maximum absolute atomic E-state index is 12.5. The topological polar surface area (TPSA) is 74.4 Å². The Bertz CT molecular complexity index is 674. The van der Waals surface area contributed by atoms with Gasteiger partial charge in [0.1, 0.15) is 11.5 Å². The first-order valence-corrected chi connectivity index (χ1v) is 7.69. The van der Waals surface area contributed by atoms with Crippen LogP contribution in [-0.2, 0) is 16.6 Å². The molecule has 21 heavy (non-hydrogen) atoms. The van der Waals surface area contributed by atoms with E-state index >= 15 is 0 Å². The normalized spacial score (nSPS) is 12.0. The standard InChI is InChI=1S/C15H18N2O3S/c1-10-6-13(19-2)8-12(17-10)9-21(18)15-5-4-11(16)7-14(15)20-3/h4-8H,9,16H2,1-3H3. The highest BCUT2D eigenvalue weighted by Crippen LogP contribution is 2.26. The Labute approximate surface area is 126 Å². The molecule has 0 amide bonds. The van der Waals surface area contributed by atoms with Crippen LogP contribution < -0.4 is 15.2 Å². The van der Waals surface area contributed by atoms with Gasteiger partial charge in [0.2, 0.25) is 0 Å². The SMILES string of the molecule is COc1cc(C)nc(CS(=O)c2ccc(N)cc2OC)c1. The molecule has 2 rings (SSSR count). The molecule has 1 unspecified atom stereocenters. The van der Waals surface area contributed by atoms with Crippen LogP contribution in [0.3, 0.4) is 0 Å². The van der Waals surface area contributed by atoms with Gasteiger partial charge in [0.25, 0.3) is 0 Å². The van der Waals surface area contributed by atoms with Crippen LogP contribution >= 0.6 is 0 Å². The van der Waals surface area contributed by atoms with E-state index in [1.807, 2.05) is 13.0 Å². The molecule has 0 aliphatic heterocycles. The minimum absolute atomic E-state index is 0.290. The molecular weight excluding hydrogens is 288 g/mol. The molecule has 2 aromatic rings. The Balaban J connectivity index is 2.28. The van der Waals surface area contributed by atoms with Crippen LogP contribution in [-0.4, -0.2) is 23.4 Å². The van der Waals surface area contributed by atoms with Crippen LogP contribution in [0.25, 0.3) is 0 Å². The molecule has 1 atom stereocenters. The fourth-order valence-electron chi connectivity index (χ4n) is 1.98. The number of methoxy groups -OCH3 is 2. The number of ether oxygens (including phenoxy) is 2. The summed E-state index contributed by atoms with van der Waals surface area (Å²) in [6.45, 7) is 1.87. The Morgan fingerprint density at radius 1 is 1.19 bits per heavy atom. The second-order valence-corrected chi connectivity index (χ2v) is 5.96. The Morgan fingerprint density at radius 2 is 1.95 bits per heavy atom. The van der Waals surface area contributed by atoms with Crippen molar-refractivity contribution < 1.29 is 13.7 Å². The second kappa shape index (κ2) is 6.58. The van der Waals surface area contributed by atoms with E-state index in [-0.39, 0.29) is 5.75 Å². The summed E-state index contributed by atoms with van der Waals surface area (Å²) >= 11 is 0. The molecule has 1 heterocycles. The van der Waals surface area contributed by atoms with E-state index in [1.54, 1.807) is 31.4 Å². The number of rotatable bonds is 5. The predicted octanol–water partition coefficient (Wildman–Crippen LogP) is 2.30. The van der Waals surface area contributed by atoms with Crippen LogP contribution in [0.4, 0.5) is 5.69 Å². The smallest absolute Gasteiger partial charge is 0.137 e. The fraction of sp³-hybridized carbons (Fsp3) is 0.267. The molecule has 0 fully saturated rings. The van der Waals surface area contributed by atoms with Crippen molar-refractivity contribution >= 4 is 16.5 Å². The third-order valence-electron chi connectivity index (χ3n) is 2.93. The molecule has 2 N–H and O–H groups in total. The summed E-state index contributed by atoms with van der Waals surface area (Å²) in [5, 5.41) is 0. The molecule has 6 heteroatoms. The number of benzene rings is 1. The maximum atomic E-state index is 12.5. The van der Waals surface area contributed by atoms with Crippen molar-refractivity contribution in [2.75, 3.05) is 20.0 Å². The molecule has 0 aliphatic rings. The highest BCUT2D eigenvalue weighted by atomic mass is 32.2. The van der Waals surface area contributed by atoms with Gasteiger partial charge in [-0.25, -0.2) is 0 Å². The van der Waals surface area contributed by atoms with Crippen molar-refractivity contribution in [3.8, 4) is 11.5 Å². The summed E-state index contributed by atoms with van der Waals surface area (Å²) in [4.78, 5) is 4.99. The number of nitrogen functional groups attached to an aromatic ring is 1. The van der Waals surface area contributed by atoms with Crippen molar-refractivity contribution in [1.29, 1.82) is 0 Å². The van der Waals surface area contributed by atoms with Gasteiger partial charge in [-0.3, -0.25) is 9.19 Å². The molecule has 0 bridgehead atoms. The summed E-state index contributed by atoms with van der Waals surface area (Å²) < 4.78 is 23.0. The Kier molecular flexibility index (Phi) is 4.80. The van der Waals surface area contributed by atoms with Gasteiger partial charge < -0.3 is 15.2 Å². The van der Waals surface area contributed by atoms with Crippen LogP contribution in [0, 0.1) is 6.92 Å². The number of pyridine rings is 1. The van der Waals surface area contributed by atoms with Crippen molar-refractivity contribution in [3.63, 3.8) is 0 Å². The largest absolute Gasteiger partial charge is 0.497 e. The van der Waals surface area contributed by atoms with Gasteiger partial charge in [0.05, 0.1) is 41.4 Å². The number of aryl methyl sites for hydroxylation is 1. The molecule has 112 valence electrons. The molecule has 0 saturated heterocycles. The van der Waals surface area contributed by atoms with E-state index in [9.17, 15) is 4.21 Å². The average Bonchev–Trinajstić information content (AvgIpc) is 2.46. The van der Waals surface area contributed by atoms with Gasteiger partial charge in [-0.2, -0.15) is 0 Å². The molecule has 5 nitrogen and oxygen atoms in total. The van der Waals surface area contributed by atoms with E-state index in [4.69, 9.17) is 15.2 Å². The first kappa shape index (κ1) is 15.3. The fourth-order valence-corrected chi connectivity index (χ4v) is 3.14. The lowest BCUT2D eigenvalue weighted by Crippen LogP contribution is -2.03. The lowest BCUT2D eigenvalue weighted by atomic mass is 10.3. The van der Waals surface area contributed by atoms with E-state index in [1.165, 1.54) is 7.11 Å². The second-order valence-electron chi connectivity index (χ2n) is 4.54. The lowest BCUT2D eigenvalue weighted by Gasteiger charge is -2.10. The molecule has 1 aromatic carbocycles. The van der Waals surface area contributed by atoms with E-state index in [2.05, 4.69) is 4.98 Å². The van der Waals surface area contributed by atoms with Crippen molar-refractivity contribution in [3.05, 3.63) is 41.7 Å². The van der Waals surface area contributed by atoms with Gasteiger partial charge in [-0.1, -0.05) is 0 Å². The Hall–Kier alpha value is -2.08. The van der Waals surface area contributed by atoms with Crippen molar-refractivity contribution in [2.45, 2.75) is 17.6 Å². The zero-order valence-electron chi connectivity index (χ0n) is 12.3. The van der Waals surface area contributed by atoms with Crippen LogP contribution in [0.5, 0.6) is 11.5 Å². The monoisotopic (exact) mass is 306 g/mol. The summed E-state index contributed by atoms with van der Waals surface area (Å²) in [5.41, 5.74) is 7.81. The highest BCUT2D eigenvalue weighted by molar-refractivity contribution is 7.84. The zero-order chi connectivity index (χ0) is 15.4. The average molecular weight is 306 g/mol. The maximum Gasteiger partial charge on any atom is 0.137 e. The number of nitrogens with two attached hydrogens (primary N) is 1. The molecule has 0 radical (unpaired) electrons. The van der Waals surface area contributed by atoms with E-state index in [0.717, 1.165) is 5.69 Å². The van der Waals surface area contributed by atoms with Gasteiger partial charge in [0.15, 0.2) is 0 Å². The summed E-state index contributed by atoms with van der Waals surface area (Å²) in [7, 11) is 1.86. The van der Waals surface area contributed by atoms with Crippen LogP contribution in [0.2, 0.25) is 0 Å². The van der Waals surface area contributed by atoms with Gasteiger partial charge in [-0.05, 0) is 19.1 Å². The first-order chi connectivity index (χ1) is 10.0. The molecule has 0 spiro atoms. The number of nitrogens with zero attached hydrogens (tertiary/aromatic N) is 1. The van der Waals surface area contributed by atoms with Crippen molar-refractivity contribution in [2.24, 2.45) is 0 Å². The summed E-state index contributed by atoms with van der Waals surface area (Å²) in [6.07, 6.45) is 0. The first-order valence-electron chi connectivity index (χ1n) is 6.37. The highest BCUT2D eigenvalue weighted by Gasteiger charge is 2.13. The zero-order valence-corrected chi connectivity index (χ0v) is 13.1. The van der Waals surface area contributed by atoms with Gasteiger partial charge in [0, 0.05) is 29.6 Å². The van der Waals surface area contributed by atoms with Crippen LogP contribution in [0.15, 0.2) is 35.2 Å². The predicted molar refractivity (Wildman–Crippen MR) is 83.0 cm³/mol. The van der Waals surface area contributed by atoms with Crippen molar-refractivity contribution in [1.82, 2.24) is 4.98 Å². The molecule has 0 aliphatic carbocycles. The molecular formula is C15H18N2O3S. The third kappa shape index (κ3) is 3.72. The number of hydrogen-bond acceptors (Lipinski definition) is 5. The summed E-state index contributed by atoms with van der Waals surface area (Å²) in [5.74, 6) is 1.52. The number of anilines is 1. The number of aromatic nitrogens is 1. The summed E-state index contributed by atoms with van der Waals surface area (Å²) in [6, 6.07) is 8.71. The lowest BCUT2D eigenvalue weighted by molar-refractivity contribution is 0.404. The molecule has 0 saturated carbocycles. The quantitative estimate of drug-likeness (QED) is 0.858.